The predicted molar refractivity (Wildman–Crippen MR) is 125 cm³/mol. The van der Waals surface area contributed by atoms with Gasteiger partial charge in [-0.05, 0) is 37.0 Å². The van der Waals surface area contributed by atoms with Crippen LogP contribution >= 0.6 is 0 Å². The number of benzene rings is 2. The van der Waals surface area contributed by atoms with Gasteiger partial charge in [0, 0.05) is 37.5 Å². The highest BCUT2D eigenvalue weighted by Gasteiger charge is 2.31. The maximum atomic E-state index is 14.7. The number of imidazole rings is 2. The molecule has 180 valence electrons. The van der Waals surface area contributed by atoms with Crippen molar-refractivity contribution in [2.24, 2.45) is 5.73 Å². The van der Waals surface area contributed by atoms with Crippen molar-refractivity contribution in [2.75, 3.05) is 12.0 Å². The number of aromatic nitrogens is 4. The Kier molecular flexibility index (Phi) is 5.56. The number of nitrogens with two attached hydrogens (primary N) is 1. The Morgan fingerprint density at radius 2 is 1.88 bits per heavy atom. The van der Waals surface area contributed by atoms with Gasteiger partial charge in [0.15, 0.2) is 5.82 Å². The summed E-state index contributed by atoms with van der Waals surface area (Å²) < 4.78 is 56.8. The van der Waals surface area contributed by atoms with Gasteiger partial charge in [0.2, 0.25) is 0 Å². The monoisotopic (exact) mass is 489 g/mol. The summed E-state index contributed by atoms with van der Waals surface area (Å²) in [5.41, 5.74) is 7.93. The minimum absolute atomic E-state index is 0.00432. The molecule has 0 radical (unpaired) electrons. The lowest BCUT2D eigenvalue weighted by atomic mass is 10.2. The van der Waals surface area contributed by atoms with Gasteiger partial charge in [0.1, 0.15) is 27.0 Å². The van der Waals surface area contributed by atoms with E-state index in [4.69, 9.17) is 10.7 Å². The molecule has 0 atom stereocenters. The Balaban J connectivity index is 1.64. The van der Waals surface area contributed by atoms with Crippen LogP contribution in [-0.4, -0.2) is 39.1 Å². The first kappa shape index (κ1) is 22.7. The minimum Gasteiger partial charge on any atom is -0.326 e. The topological polar surface area (TPSA) is 105 Å². The molecule has 2 N–H and O–H groups in total. The Hall–Kier alpha value is -3.05. The molecule has 2 aromatic carbocycles. The number of aryl methyl sites for hydroxylation is 1. The molecule has 4 aromatic rings. The van der Waals surface area contributed by atoms with Crippen LogP contribution in [0, 0.1) is 11.6 Å². The highest BCUT2D eigenvalue weighted by molar-refractivity contribution is 7.90. The van der Waals surface area contributed by atoms with E-state index >= 15 is 0 Å². The van der Waals surface area contributed by atoms with E-state index in [9.17, 15) is 22.0 Å². The maximum Gasteiger partial charge on any atom is 0.329 e. The van der Waals surface area contributed by atoms with Crippen LogP contribution in [0.15, 0.2) is 35.1 Å². The number of hydrogen-bond acceptors (Lipinski definition) is 5. The van der Waals surface area contributed by atoms with Crippen LogP contribution in [0.25, 0.3) is 22.1 Å². The maximum absolute atomic E-state index is 14.7. The first-order valence-corrected chi connectivity index (χ1v) is 13.2. The lowest BCUT2D eigenvalue weighted by molar-refractivity contribution is 0.581. The lowest BCUT2D eigenvalue weighted by Crippen LogP contribution is -2.25. The average molecular weight is 490 g/mol. The summed E-state index contributed by atoms with van der Waals surface area (Å²) in [5, 5.41) is 0. The van der Waals surface area contributed by atoms with Crippen LogP contribution in [0.4, 0.5) is 8.78 Å². The molecule has 0 amide bonds. The summed E-state index contributed by atoms with van der Waals surface area (Å²) in [7, 11) is -3.15. The average Bonchev–Trinajstić information content (AvgIpc) is 3.49. The Bertz CT molecular complexity index is 1580. The van der Waals surface area contributed by atoms with Crippen molar-refractivity contribution < 1.29 is 17.2 Å². The quantitative estimate of drug-likeness (QED) is 0.410. The van der Waals surface area contributed by atoms with Gasteiger partial charge in [-0.1, -0.05) is 6.07 Å². The molecule has 2 aromatic heterocycles. The van der Waals surface area contributed by atoms with Crippen molar-refractivity contribution in [3.63, 3.8) is 0 Å². The third-order valence-electron chi connectivity index (χ3n) is 6.21. The van der Waals surface area contributed by atoms with E-state index in [0.717, 1.165) is 30.0 Å². The molecular formula is C23H25F2N5O3S. The molecule has 1 aliphatic carbocycles. The van der Waals surface area contributed by atoms with E-state index < -0.39 is 27.2 Å². The normalized spacial score (nSPS) is 14.5. The van der Waals surface area contributed by atoms with Crippen LogP contribution in [0.2, 0.25) is 0 Å². The molecule has 5 rings (SSSR count). The van der Waals surface area contributed by atoms with E-state index in [2.05, 4.69) is 0 Å². The van der Waals surface area contributed by atoms with Gasteiger partial charge in [0.05, 0.1) is 28.8 Å². The molecular weight excluding hydrogens is 464 g/mol. The van der Waals surface area contributed by atoms with E-state index in [1.54, 1.807) is 0 Å². The van der Waals surface area contributed by atoms with Gasteiger partial charge >= 0.3 is 5.69 Å². The number of rotatable bonds is 8. The second kappa shape index (κ2) is 8.31. The second-order valence-corrected chi connectivity index (χ2v) is 11.2. The highest BCUT2D eigenvalue weighted by atomic mass is 32.2. The third-order valence-corrected chi connectivity index (χ3v) is 7.24. The molecule has 1 fully saturated rings. The van der Waals surface area contributed by atoms with Crippen molar-refractivity contribution in [3.8, 4) is 0 Å². The van der Waals surface area contributed by atoms with Crippen molar-refractivity contribution >= 4 is 31.9 Å². The zero-order valence-electron chi connectivity index (χ0n) is 18.7. The van der Waals surface area contributed by atoms with E-state index in [-0.39, 0.29) is 29.4 Å². The first-order chi connectivity index (χ1) is 16.2. The molecule has 0 aliphatic heterocycles. The Morgan fingerprint density at radius 3 is 2.56 bits per heavy atom. The highest BCUT2D eigenvalue weighted by Crippen LogP contribution is 2.37. The molecule has 11 heteroatoms. The summed E-state index contributed by atoms with van der Waals surface area (Å²) in [6, 6.07) is 7.45. The van der Waals surface area contributed by atoms with Gasteiger partial charge in [-0.25, -0.2) is 27.0 Å². The lowest BCUT2D eigenvalue weighted by Gasteiger charge is -2.10. The number of sulfone groups is 1. The second-order valence-electron chi connectivity index (χ2n) is 8.92. The van der Waals surface area contributed by atoms with Gasteiger partial charge in [-0.2, -0.15) is 0 Å². The zero-order valence-corrected chi connectivity index (χ0v) is 19.5. The smallest absolute Gasteiger partial charge is 0.326 e. The summed E-state index contributed by atoms with van der Waals surface area (Å²) in [4.78, 5) is 18.0. The molecule has 1 saturated carbocycles. The van der Waals surface area contributed by atoms with Crippen molar-refractivity contribution in [3.05, 3.63) is 63.8 Å². The van der Waals surface area contributed by atoms with Crippen LogP contribution in [0.1, 0.15) is 36.7 Å². The predicted octanol–water partition coefficient (Wildman–Crippen LogP) is 2.71. The molecule has 2 heterocycles. The zero-order chi connectivity index (χ0) is 24.2. The standard InChI is InChI=1S/C23H25F2N5O3S/c1-34(32,33)8-2-7-28-19-6-3-14(12-26)9-18(19)27-21(28)13-29-20-11-15(24)10-17(25)22(20)30(23(29)31)16-4-5-16/h3,6,9-11,16H,2,4-5,7-8,12-13,26H2,1H3. The fraction of sp³-hybridized carbons (Fsp3) is 0.391. The fourth-order valence-corrected chi connectivity index (χ4v) is 5.15. The molecule has 0 unspecified atom stereocenters. The SMILES string of the molecule is CS(=O)(=O)CCCn1c(Cn2c(=O)n(C3CC3)c3c(F)cc(F)cc32)nc2cc(CN)ccc21. The molecule has 0 bridgehead atoms. The minimum atomic E-state index is -3.15. The number of fused-ring (bicyclic) bond motifs is 2. The summed E-state index contributed by atoms with van der Waals surface area (Å²) in [6.07, 6.45) is 3.07. The first-order valence-electron chi connectivity index (χ1n) is 11.1. The van der Waals surface area contributed by atoms with Crippen LogP contribution < -0.4 is 11.4 Å². The number of hydrogen-bond donors (Lipinski definition) is 1. The van der Waals surface area contributed by atoms with Crippen LogP contribution in [0.5, 0.6) is 0 Å². The van der Waals surface area contributed by atoms with Crippen molar-refractivity contribution in [1.29, 1.82) is 0 Å². The van der Waals surface area contributed by atoms with E-state index in [1.165, 1.54) is 21.5 Å². The summed E-state index contributed by atoms with van der Waals surface area (Å²) in [5.74, 6) is -1.03. The fourth-order valence-electron chi connectivity index (χ4n) is 4.50. The Morgan fingerprint density at radius 1 is 1.12 bits per heavy atom. The summed E-state index contributed by atoms with van der Waals surface area (Å²) in [6.45, 7) is 0.683. The Labute approximate surface area is 194 Å². The largest absolute Gasteiger partial charge is 0.329 e. The van der Waals surface area contributed by atoms with Gasteiger partial charge in [-0.15, -0.1) is 0 Å². The number of halogens is 2. The molecule has 1 aliphatic rings. The van der Waals surface area contributed by atoms with Crippen molar-refractivity contribution in [2.45, 2.75) is 44.9 Å². The van der Waals surface area contributed by atoms with Gasteiger partial charge < -0.3 is 10.3 Å². The van der Waals surface area contributed by atoms with E-state index in [1.807, 2.05) is 22.8 Å². The third kappa shape index (κ3) is 4.14. The van der Waals surface area contributed by atoms with Gasteiger partial charge in [0.25, 0.3) is 0 Å². The molecule has 0 spiro atoms. The van der Waals surface area contributed by atoms with Crippen LogP contribution in [-0.2, 0) is 29.5 Å². The molecule has 34 heavy (non-hydrogen) atoms. The van der Waals surface area contributed by atoms with E-state index in [0.29, 0.717) is 30.9 Å². The molecule has 8 nitrogen and oxygen atoms in total. The van der Waals surface area contributed by atoms with Crippen molar-refractivity contribution in [1.82, 2.24) is 18.7 Å². The molecule has 0 saturated heterocycles. The van der Waals surface area contributed by atoms with Crippen LogP contribution in [0.3, 0.4) is 0 Å². The number of nitrogens with zero attached hydrogens (tertiary/aromatic N) is 4. The summed E-state index contributed by atoms with van der Waals surface area (Å²) >= 11 is 0. The van der Waals surface area contributed by atoms with Gasteiger partial charge in [-0.3, -0.25) is 9.13 Å².